The van der Waals surface area contributed by atoms with Crippen molar-refractivity contribution < 1.29 is 4.79 Å². The van der Waals surface area contributed by atoms with Crippen LogP contribution < -0.4 is 0 Å². The monoisotopic (exact) mass is 324 g/mol. The maximum atomic E-state index is 12.2. The van der Waals surface area contributed by atoms with Gasteiger partial charge in [0.2, 0.25) is 0 Å². The Labute approximate surface area is 134 Å². The fourth-order valence-corrected chi connectivity index (χ4v) is 2.57. The van der Waals surface area contributed by atoms with E-state index < -0.39 is 0 Å². The van der Waals surface area contributed by atoms with E-state index in [1.807, 2.05) is 16.9 Å². The molecule has 0 spiro atoms. The van der Waals surface area contributed by atoms with Gasteiger partial charge in [0.05, 0.1) is 28.2 Å². The first kappa shape index (κ1) is 16.1. The van der Waals surface area contributed by atoms with E-state index in [4.69, 9.17) is 23.2 Å². The van der Waals surface area contributed by atoms with Crippen LogP contribution in [0, 0.1) is 0 Å². The molecular weight excluding hydrogens is 307 g/mol. The average Bonchev–Trinajstić information content (AvgIpc) is 2.91. The lowest BCUT2D eigenvalue weighted by Gasteiger charge is -2.12. The number of nitrogens with zero attached hydrogens (tertiary/aromatic N) is 2. The van der Waals surface area contributed by atoms with Gasteiger partial charge in [-0.25, -0.2) is 0 Å². The molecule has 0 atom stereocenters. The van der Waals surface area contributed by atoms with E-state index in [9.17, 15) is 4.79 Å². The SMILES string of the molecule is CCC(CC)n1ccc(CC(=O)c2ccc(Cl)c(Cl)c2)n1. The highest BCUT2D eigenvalue weighted by atomic mass is 35.5. The van der Waals surface area contributed by atoms with Gasteiger partial charge in [0.25, 0.3) is 0 Å². The van der Waals surface area contributed by atoms with Crippen molar-refractivity contribution >= 4 is 29.0 Å². The molecule has 5 heteroatoms. The Morgan fingerprint density at radius 1 is 1.19 bits per heavy atom. The van der Waals surface area contributed by atoms with Crippen molar-refractivity contribution in [1.29, 1.82) is 0 Å². The normalized spacial score (nSPS) is 11.1. The fourth-order valence-electron chi connectivity index (χ4n) is 2.27. The zero-order valence-electron chi connectivity index (χ0n) is 12.1. The summed E-state index contributed by atoms with van der Waals surface area (Å²) in [6, 6.07) is 7.21. The number of hydrogen-bond donors (Lipinski definition) is 0. The summed E-state index contributed by atoms with van der Waals surface area (Å²) in [5, 5.41) is 5.34. The smallest absolute Gasteiger partial charge is 0.168 e. The molecule has 0 aliphatic carbocycles. The molecule has 112 valence electrons. The van der Waals surface area contributed by atoms with Crippen LogP contribution in [-0.4, -0.2) is 15.6 Å². The summed E-state index contributed by atoms with van der Waals surface area (Å²) >= 11 is 11.8. The van der Waals surface area contributed by atoms with Crippen LogP contribution in [0.2, 0.25) is 10.0 Å². The molecular formula is C16H18Cl2N2O. The Bertz CT molecular complexity index is 633. The quantitative estimate of drug-likeness (QED) is 0.702. The third kappa shape index (κ3) is 3.86. The highest BCUT2D eigenvalue weighted by Crippen LogP contribution is 2.23. The van der Waals surface area contributed by atoms with Crippen molar-refractivity contribution in [3.8, 4) is 0 Å². The van der Waals surface area contributed by atoms with Crippen LogP contribution in [0.1, 0.15) is 48.8 Å². The summed E-state index contributed by atoms with van der Waals surface area (Å²) in [7, 11) is 0. The standard InChI is InChI=1S/C16H18Cl2N2O/c1-3-13(4-2)20-8-7-12(19-20)10-16(21)11-5-6-14(17)15(18)9-11/h5-9,13H,3-4,10H2,1-2H3. The molecule has 0 amide bonds. The van der Waals surface area contributed by atoms with Gasteiger partial charge in [-0.3, -0.25) is 9.48 Å². The number of ketones is 1. The van der Waals surface area contributed by atoms with Crippen molar-refractivity contribution in [3.63, 3.8) is 0 Å². The van der Waals surface area contributed by atoms with E-state index in [1.165, 1.54) is 0 Å². The number of benzene rings is 1. The third-order valence-electron chi connectivity index (χ3n) is 3.56. The minimum atomic E-state index is -0.0108. The lowest BCUT2D eigenvalue weighted by molar-refractivity contribution is 0.0991. The topological polar surface area (TPSA) is 34.9 Å². The fraction of sp³-hybridized carbons (Fsp3) is 0.375. The second kappa shape index (κ2) is 7.10. The molecule has 1 aromatic carbocycles. The summed E-state index contributed by atoms with van der Waals surface area (Å²) < 4.78 is 1.94. The van der Waals surface area contributed by atoms with Gasteiger partial charge >= 0.3 is 0 Å². The molecule has 1 aromatic heterocycles. The Morgan fingerprint density at radius 3 is 2.52 bits per heavy atom. The van der Waals surface area contributed by atoms with Crippen molar-refractivity contribution in [3.05, 3.63) is 51.8 Å². The molecule has 0 saturated carbocycles. The van der Waals surface area contributed by atoms with Crippen molar-refractivity contribution in [2.75, 3.05) is 0 Å². The van der Waals surface area contributed by atoms with Crippen molar-refractivity contribution in [2.24, 2.45) is 0 Å². The molecule has 0 N–H and O–H groups in total. The number of Topliss-reactive ketones (excluding diaryl/α,β-unsaturated/α-hetero) is 1. The predicted molar refractivity (Wildman–Crippen MR) is 86.3 cm³/mol. The highest BCUT2D eigenvalue weighted by Gasteiger charge is 2.13. The molecule has 1 heterocycles. The Hall–Kier alpha value is -1.32. The summed E-state index contributed by atoms with van der Waals surface area (Å²) in [5.74, 6) is -0.0108. The van der Waals surface area contributed by atoms with Gasteiger partial charge < -0.3 is 0 Å². The maximum Gasteiger partial charge on any atom is 0.168 e. The largest absolute Gasteiger partial charge is 0.294 e. The summed E-state index contributed by atoms with van der Waals surface area (Å²) in [6.07, 6.45) is 4.26. The van der Waals surface area contributed by atoms with E-state index in [0.29, 0.717) is 21.7 Å². The number of carbonyl (C=O) groups excluding carboxylic acids is 1. The van der Waals surface area contributed by atoms with Gasteiger partial charge in [0, 0.05) is 11.8 Å². The Kier molecular flexibility index (Phi) is 5.43. The first-order valence-electron chi connectivity index (χ1n) is 7.07. The number of rotatable bonds is 6. The molecule has 0 aliphatic heterocycles. The number of halogens is 2. The molecule has 0 saturated heterocycles. The number of hydrogen-bond acceptors (Lipinski definition) is 2. The van der Waals surface area contributed by atoms with Crippen LogP contribution >= 0.6 is 23.2 Å². The van der Waals surface area contributed by atoms with E-state index in [1.54, 1.807) is 18.2 Å². The predicted octanol–water partition coefficient (Wildman–Crippen LogP) is 4.98. The van der Waals surface area contributed by atoms with Crippen molar-refractivity contribution in [1.82, 2.24) is 9.78 Å². The van der Waals surface area contributed by atoms with E-state index in [0.717, 1.165) is 18.5 Å². The van der Waals surface area contributed by atoms with Gasteiger partial charge in [0.1, 0.15) is 0 Å². The lowest BCUT2D eigenvalue weighted by Crippen LogP contribution is -2.09. The number of carbonyl (C=O) groups is 1. The van der Waals surface area contributed by atoms with Gasteiger partial charge in [-0.1, -0.05) is 37.0 Å². The summed E-state index contributed by atoms with van der Waals surface area (Å²) in [5.41, 5.74) is 1.33. The molecule has 0 bridgehead atoms. The first-order valence-corrected chi connectivity index (χ1v) is 7.83. The van der Waals surface area contributed by atoms with Crippen LogP contribution in [0.15, 0.2) is 30.5 Å². The van der Waals surface area contributed by atoms with Crippen LogP contribution in [0.4, 0.5) is 0 Å². The minimum Gasteiger partial charge on any atom is -0.294 e. The number of aromatic nitrogens is 2. The third-order valence-corrected chi connectivity index (χ3v) is 4.30. The molecule has 21 heavy (non-hydrogen) atoms. The van der Waals surface area contributed by atoms with Gasteiger partial charge in [-0.15, -0.1) is 0 Å². The zero-order chi connectivity index (χ0) is 15.4. The molecule has 2 aromatic rings. The van der Waals surface area contributed by atoms with Gasteiger partial charge in [-0.2, -0.15) is 5.10 Å². The molecule has 0 fully saturated rings. The van der Waals surface area contributed by atoms with E-state index >= 15 is 0 Å². The van der Waals surface area contributed by atoms with E-state index in [2.05, 4.69) is 18.9 Å². The second-order valence-electron chi connectivity index (χ2n) is 4.99. The van der Waals surface area contributed by atoms with Crippen molar-refractivity contribution in [2.45, 2.75) is 39.2 Å². The van der Waals surface area contributed by atoms with Gasteiger partial charge in [0.15, 0.2) is 5.78 Å². The lowest BCUT2D eigenvalue weighted by atomic mass is 10.1. The zero-order valence-corrected chi connectivity index (χ0v) is 13.7. The van der Waals surface area contributed by atoms with Gasteiger partial charge in [-0.05, 0) is 37.1 Å². The first-order chi connectivity index (χ1) is 10.0. The second-order valence-corrected chi connectivity index (χ2v) is 5.80. The van der Waals surface area contributed by atoms with Crippen LogP contribution in [-0.2, 0) is 6.42 Å². The maximum absolute atomic E-state index is 12.2. The highest BCUT2D eigenvalue weighted by molar-refractivity contribution is 6.42. The Balaban J connectivity index is 2.11. The van der Waals surface area contributed by atoms with Crippen LogP contribution in [0.3, 0.4) is 0 Å². The summed E-state index contributed by atoms with van der Waals surface area (Å²) in [6.45, 7) is 4.27. The Morgan fingerprint density at radius 2 is 1.90 bits per heavy atom. The molecule has 3 nitrogen and oxygen atoms in total. The molecule has 2 rings (SSSR count). The molecule has 0 aliphatic rings. The van der Waals surface area contributed by atoms with E-state index in [-0.39, 0.29) is 12.2 Å². The average molecular weight is 325 g/mol. The summed E-state index contributed by atoms with van der Waals surface area (Å²) in [4.78, 5) is 12.2. The van der Waals surface area contributed by atoms with Crippen LogP contribution in [0.25, 0.3) is 0 Å². The van der Waals surface area contributed by atoms with Crippen LogP contribution in [0.5, 0.6) is 0 Å². The molecule has 0 radical (unpaired) electrons. The molecule has 0 unspecified atom stereocenters. The minimum absolute atomic E-state index is 0.0108.